The van der Waals surface area contributed by atoms with Crippen LogP contribution in [-0.4, -0.2) is 29.4 Å². The molecule has 0 radical (unpaired) electrons. The first kappa shape index (κ1) is 23.6. The molecule has 3 aliphatic rings. The predicted molar refractivity (Wildman–Crippen MR) is 151 cm³/mol. The lowest BCUT2D eigenvalue weighted by Gasteiger charge is -2.37. The molecule has 3 atom stereocenters. The molecule has 3 heterocycles. The van der Waals surface area contributed by atoms with E-state index in [4.69, 9.17) is 23.2 Å². The van der Waals surface area contributed by atoms with Gasteiger partial charge in [0, 0.05) is 32.8 Å². The number of carbonyl (C=O) groups is 3. The molecule has 38 heavy (non-hydrogen) atoms. The first-order valence-electron chi connectivity index (χ1n) is 12.2. The Morgan fingerprint density at radius 1 is 0.842 bits per heavy atom. The van der Waals surface area contributed by atoms with Gasteiger partial charge in [0.05, 0.1) is 10.9 Å². The largest absolute Gasteiger partial charge is 0.352 e. The minimum absolute atomic E-state index is 0.130. The minimum Gasteiger partial charge on any atom is -0.352 e. The summed E-state index contributed by atoms with van der Waals surface area (Å²) in [6.07, 6.45) is 3.80. The van der Waals surface area contributed by atoms with E-state index in [2.05, 4.69) is 0 Å². The third-order valence-electron chi connectivity index (χ3n) is 8.03. The Hall–Kier alpha value is -3.51. The monoisotopic (exact) mass is 555 g/mol. The summed E-state index contributed by atoms with van der Waals surface area (Å²) in [4.78, 5) is 46.0. The van der Waals surface area contributed by atoms with E-state index >= 15 is 0 Å². The van der Waals surface area contributed by atoms with Crippen molar-refractivity contribution in [2.24, 2.45) is 5.41 Å². The normalized spacial score (nSPS) is 22.5. The number of anilines is 1. The Bertz CT molecular complexity index is 1640. The molecule has 2 aliphatic heterocycles. The van der Waals surface area contributed by atoms with Gasteiger partial charge in [0.15, 0.2) is 17.3 Å². The summed E-state index contributed by atoms with van der Waals surface area (Å²) in [5.41, 5.74) is 1.59. The van der Waals surface area contributed by atoms with Crippen molar-refractivity contribution in [1.82, 2.24) is 0 Å². The Kier molecular flexibility index (Phi) is 5.28. The summed E-state index contributed by atoms with van der Waals surface area (Å²) in [7, 11) is 0. The average molecular weight is 556 g/mol. The number of benzene rings is 3. The van der Waals surface area contributed by atoms with Crippen LogP contribution in [0.15, 0.2) is 90.3 Å². The van der Waals surface area contributed by atoms with Crippen LogP contribution < -0.4 is 4.90 Å². The van der Waals surface area contributed by atoms with Crippen LogP contribution in [0, 0.1) is 5.41 Å². The number of halogens is 2. The Morgan fingerprint density at radius 2 is 1.53 bits per heavy atom. The van der Waals surface area contributed by atoms with Gasteiger partial charge in [-0.3, -0.25) is 14.4 Å². The van der Waals surface area contributed by atoms with Crippen molar-refractivity contribution in [3.05, 3.63) is 127 Å². The number of hydrogen-bond acceptors (Lipinski definition) is 5. The lowest BCUT2D eigenvalue weighted by Crippen LogP contribution is -2.48. The molecule has 4 aromatic rings. The quantitative estimate of drug-likeness (QED) is 0.195. The van der Waals surface area contributed by atoms with E-state index in [1.165, 1.54) is 11.3 Å². The van der Waals surface area contributed by atoms with Gasteiger partial charge in [-0.1, -0.05) is 77.8 Å². The van der Waals surface area contributed by atoms with Gasteiger partial charge in [-0.25, -0.2) is 0 Å². The Labute approximate surface area is 233 Å². The van der Waals surface area contributed by atoms with Crippen molar-refractivity contribution in [2.45, 2.75) is 18.0 Å². The highest BCUT2D eigenvalue weighted by Crippen LogP contribution is 2.61. The van der Waals surface area contributed by atoms with E-state index in [1.54, 1.807) is 48.5 Å². The molecule has 0 saturated carbocycles. The van der Waals surface area contributed by atoms with Gasteiger partial charge < -0.3 is 4.90 Å². The van der Waals surface area contributed by atoms with Crippen LogP contribution in [0.4, 0.5) is 5.69 Å². The van der Waals surface area contributed by atoms with Gasteiger partial charge in [0.25, 0.3) is 0 Å². The van der Waals surface area contributed by atoms with Crippen LogP contribution in [0.5, 0.6) is 0 Å². The molecule has 3 aromatic carbocycles. The molecule has 1 spiro atoms. The highest BCUT2D eigenvalue weighted by molar-refractivity contribution is 7.12. The number of ketones is 3. The van der Waals surface area contributed by atoms with E-state index in [0.717, 1.165) is 16.8 Å². The first-order valence-corrected chi connectivity index (χ1v) is 13.8. The number of carbonyl (C=O) groups excluding carboxylic acids is 3. The summed E-state index contributed by atoms with van der Waals surface area (Å²) in [5.74, 6) is -1.39. The second-order valence-electron chi connectivity index (χ2n) is 9.80. The fraction of sp³-hybridized carbons (Fsp3) is 0.129. The highest BCUT2D eigenvalue weighted by Gasteiger charge is 2.71. The molecule has 1 unspecified atom stereocenters. The zero-order valence-electron chi connectivity index (χ0n) is 19.8. The SMILES string of the molecule is O=C(c1cccs1)[C@@H]1[C@@H](c2ccc(Cl)cc2)C2(C(=O)c3ccccc3C2=O)C2C=Cc3cc(Cl)ccc3N21. The smallest absolute Gasteiger partial charge is 0.195 e. The third-order valence-corrected chi connectivity index (χ3v) is 9.40. The summed E-state index contributed by atoms with van der Waals surface area (Å²) < 4.78 is 0. The second kappa shape index (κ2) is 8.50. The van der Waals surface area contributed by atoms with Crippen LogP contribution in [0.3, 0.4) is 0 Å². The molecule has 1 saturated heterocycles. The van der Waals surface area contributed by atoms with Gasteiger partial charge in [0.2, 0.25) is 0 Å². The lowest BCUT2D eigenvalue weighted by molar-refractivity contribution is 0.0666. The van der Waals surface area contributed by atoms with E-state index in [-0.39, 0.29) is 17.3 Å². The molecular formula is C31H19Cl2NO3S. The van der Waals surface area contributed by atoms with E-state index in [9.17, 15) is 14.4 Å². The zero-order valence-corrected chi connectivity index (χ0v) is 22.1. The Balaban J connectivity index is 1.56. The molecule has 1 aromatic heterocycles. The van der Waals surface area contributed by atoms with E-state index < -0.39 is 23.4 Å². The molecule has 1 aliphatic carbocycles. The van der Waals surface area contributed by atoms with Crippen LogP contribution in [0.1, 0.15) is 47.4 Å². The number of thiophene rings is 1. The lowest BCUT2D eigenvalue weighted by atomic mass is 9.64. The van der Waals surface area contributed by atoms with Crippen molar-refractivity contribution < 1.29 is 14.4 Å². The Morgan fingerprint density at radius 3 is 2.18 bits per heavy atom. The summed E-state index contributed by atoms with van der Waals surface area (Å²) in [5, 5.41) is 2.96. The van der Waals surface area contributed by atoms with Crippen LogP contribution in [0.25, 0.3) is 6.08 Å². The summed E-state index contributed by atoms with van der Waals surface area (Å²) >= 11 is 13.9. The maximum atomic E-state index is 14.5. The van der Waals surface area contributed by atoms with Crippen molar-refractivity contribution in [2.75, 3.05) is 4.90 Å². The van der Waals surface area contributed by atoms with Gasteiger partial charge in [-0.15, -0.1) is 11.3 Å². The molecule has 7 rings (SSSR count). The van der Waals surface area contributed by atoms with Crippen LogP contribution in [0.2, 0.25) is 10.0 Å². The maximum absolute atomic E-state index is 14.5. The van der Waals surface area contributed by atoms with Gasteiger partial charge in [-0.2, -0.15) is 0 Å². The minimum atomic E-state index is -1.52. The highest BCUT2D eigenvalue weighted by atomic mass is 35.5. The van der Waals surface area contributed by atoms with Gasteiger partial charge >= 0.3 is 0 Å². The molecule has 4 nitrogen and oxygen atoms in total. The molecule has 186 valence electrons. The van der Waals surface area contributed by atoms with Crippen molar-refractivity contribution in [1.29, 1.82) is 0 Å². The topological polar surface area (TPSA) is 54.5 Å². The third kappa shape index (κ3) is 3.07. The molecule has 0 amide bonds. The number of rotatable bonds is 3. The predicted octanol–water partition coefficient (Wildman–Crippen LogP) is 7.37. The molecule has 0 N–H and O–H groups in total. The standard InChI is InChI=1S/C31H19Cl2NO3S/c32-19-10-7-17(8-11-19)26-27(28(35)24-6-3-15-38-24)34-23-13-12-20(33)16-18(23)9-14-25(34)31(26)29(36)21-4-1-2-5-22(21)30(31)37/h1-16,25-27H/t25?,26-,27+/m1/s1. The van der Waals surface area contributed by atoms with Crippen molar-refractivity contribution in [3.63, 3.8) is 0 Å². The molecular weight excluding hydrogens is 537 g/mol. The van der Waals surface area contributed by atoms with Crippen molar-refractivity contribution in [3.8, 4) is 0 Å². The maximum Gasteiger partial charge on any atom is 0.195 e. The van der Waals surface area contributed by atoms with Gasteiger partial charge in [-0.05, 0) is 52.9 Å². The second-order valence-corrected chi connectivity index (χ2v) is 11.6. The zero-order chi connectivity index (χ0) is 26.2. The molecule has 7 heteroatoms. The number of Topliss-reactive ketones (excluding diaryl/α,β-unsaturated/α-hetero) is 3. The molecule has 1 fully saturated rings. The fourth-order valence-electron chi connectivity index (χ4n) is 6.56. The average Bonchev–Trinajstić information content (AvgIpc) is 3.62. The van der Waals surface area contributed by atoms with Gasteiger partial charge in [0.1, 0.15) is 11.5 Å². The van der Waals surface area contributed by atoms with Crippen molar-refractivity contribution >= 4 is 63.7 Å². The number of hydrogen-bond donors (Lipinski definition) is 0. The number of fused-ring (bicyclic) bond motifs is 5. The van der Waals surface area contributed by atoms with Crippen LogP contribution in [-0.2, 0) is 0 Å². The molecule has 0 bridgehead atoms. The summed E-state index contributed by atoms with van der Waals surface area (Å²) in [6, 6.07) is 21.8. The fourth-order valence-corrected chi connectivity index (χ4v) is 7.56. The number of nitrogens with zero attached hydrogens (tertiary/aromatic N) is 1. The van der Waals surface area contributed by atoms with Crippen LogP contribution >= 0.6 is 34.5 Å². The van der Waals surface area contributed by atoms with E-state index in [1.807, 2.05) is 52.8 Å². The summed E-state index contributed by atoms with van der Waals surface area (Å²) in [6.45, 7) is 0. The first-order chi connectivity index (χ1) is 18.4. The van der Waals surface area contributed by atoms with E-state index in [0.29, 0.717) is 26.0 Å².